The van der Waals surface area contributed by atoms with E-state index in [1.807, 2.05) is 0 Å². The third-order valence-corrected chi connectivity index (χ3v) is 12.9. The number of aromatic nitrogens is 2. The molecule has 12 rings (SSSR count). The van der Waals surface area contributed by atoms with E-state index in [-0.39, 0.29) is 5.41 Å². The van der Waals surface area contributed by atoms with Gasteiger partial charge in [-0.25, -0.2) is 0 Å². The fourth-order valence-electron chi connectivity index (χ4n) is 10.1. The van der Waals surface area contributed by atoms with Crippen LogP contribution in [0.3, 0.4) is 0 Å². The van der Waals surface area contributed by atoms with Gasteiger partial charge in [-0.15, -0.1) is 0 Å². The van der Waals surface area contributed by atoms with Crippen molar-refractivity contribution in [2.75, 3.05) is 4.90 Å². The maximum atomic E-state index is 2.49. The van der Waals surface area contributed by atoms with Crippen molar-refractivity contribution in [3.05, 3.63) is 223 Å². The maximum absolute atomic E-state index is 2.49. The Morgan fingerprint density at radius 1 is 0.367 bits per heavy atom. The van der Waals surface area contributed by atoms with E-state index in [1.54, 1.807) is 0 Å². The van der Waals surface area contributed by atoms with Crippen molar-refractivity contribution in [1.29, 1.82) is 0 Å². The second-order valence-electron chi connectivity index (χ2n) is 16.6. The van der Waals surface area contributed by atoms with Crippen LogP contribution in [-0.2, 0) is 5.41 Å². The maximum Gasteiger partial charge on any atom is 0.0782 e. The number of hydrogen-bond acceptors (Lipinski definition) is 1. The fourth-order valence-corrected chi connectivity index (χ4v) is 10.1. The van der Waals surface area contributed by atoms with Gasteiger partial charge >= 0.3 is 0 Å². The van der Waals surface area contributed by atoms with Crippen molar-refractivity contribution in [2.24, 2.45) is 0 Å². The molecule has 2 heterocycles. The van der Waals surface area contributed by atoms with Crippen molar-refractivity contribution in [1.82, 2.24) is 9.13 Å². The van der Waals surface area contributed by atoms with Crippen LogP contribution in [0, 0.1) is 0 Å². The summed E-state index contributed by atoms with van der Waals surface area (Å²) in [6.45, 7) is 4.73. The molecule has 0 unspecified atom stereocenters. The van der Waals surface area contributed by atoms with E-state index in [0.29, 0.717) is 0 Å². The second-order valence-corrected chi connectivity index (χ2v) is 16.6. The van der Waals surface area contributed by atoms with Crippen molar-refractivity contribution in [3.63, 3.8) is 0 Å². The molecule has 0 saturated heterocycles. The molecule has 0 spiro atoms. The summed E-state index contributed by atoms with van der Waals surface area (Å²) in [5.74, 6) is 0. The third kappa shape index (κ3) is 5.09. The molecule has 0 saturated carbocycles. The molecule has 0 bridgehead atoms. The second kappa shape index (κ2) is 13.2. The quantitative estimate of drug-likeness (QED) is 0.164. The van der Waals surface area contributed by atoms with Crippen LogP contribution < -0.4 is 4.90 Å². The number of benzene rings is 9. The zero-order chi connectivity index (χ0) is 40.0. The van der Waals surface area contributed by atoms with Crippen LogP contribution in [0.25, 0.3) is 77.2 Å². The average molecular weight is 768 g/mol. The largest absolute Gasteiger partial charge is 0.309 e. The lowest BCUT2D eigenvalue weighted by Gasteiger charge is -2.29. The molecular weight excluding hydrogens is 727 g/mol. The lowest BCUT2D eigenvalue weighted by molar-refractivity contribution is 0.660. The summed E-state index contributed by atoms with van der Waals surface area (Å²) in [5, 5.41) is 4.91. The molecule has 1 aliphatic rings. The van der Waals surface area contributed by atoms with Crippen LogP contribution in [-0.4, -0.2) is 9.13 Å². The Morgan fingerprint density at radius 2 is 0.917 bits per heavy atom. The summed E-state index contributed by atoms with van der Waals surface area (Å²) >= 11 is 0. The highest BCUT2D eigenvalue weighted by Crippen LogP contribution is 2.52. The van der Waals surface area contributed by atoms with Crippen molar-refractivity contribution >= 4 is 60.7 Å². The van der Waals surface area contributed by atoms with E-state index >= 15 is 0 Å². The highest BCUT2D eigenvalue weighted by Gasteiger charge is 2.36. The Labute approximate surface area is 349 Å². The zero-order valence-electron chi connectivity index (χ0n) is 33.5. The normalized spacial score (nSPS) is 13.0. The first-order valence-electron chi connectivity index (χ1n) is 20.9. The van der Waals surface area contributed by atoms with Gasteiger partial charge in [0.15, 0.2) is 0 Å². The monoisotopic (exact) mass is 767 g/mol. The number of fused-ring (bicyclic) bond motifs is 9. The third-order valence-electron chi connectivity index (χ3n) is 12.9. The van der Waals surface area contributed by atoms with E-state index in [9.17, 15) is 0 Å². The molecule has 0 aliphatic heterocycles. The Bertz CT molecular complexity index is 3450. The van der Waals surface area contributed by atoms with Crippen LogP contribution in [0.5, 0.6) is 0 Å². The molecule has 11 aromatic rings. The molecular formula is C57H41N3. The van der Waals surface area contributed by atoms with Crippen LogP contribution in [0.4, 0.5) is 17.1 Å². The summed E-state index contributed by atoms with van der Waals surface area (Å²) in [5.41, 5.74) is 18.0. The van der Waals surface area contributed by atoms with E-state index < -0.39 is 0 Å². The van der Waals surface area contributed by atoms with Crippen molar-refractivity contribution in [3.8, 4) is 33.6 Å². The topological polar surface area (TPSA) is 13.1 Å². The first-order chi connectivity index (χ1) is 29.5. The zero-order valence-corrected chi connectivity index (χ0v) is 33.5. The van der Waals surface area contributed by atoms with Gasteiger partial charge in [-0.1, -0.05) is 141 Å². The number of nitrogens with zero attached hydrogens (tertiary/aromatic N) is 3. The smallest absolute Gasteiger partial charge is 0.0782 e. The molecule has 0 N–H and O–H groups in total. The summed E-state index contributed by atoms with van der Waals surface area (Å²) in [4.78, 5) is 2.49. The highest BCUT2D eigenvalue weighted by atomic mass is 15.2. The molecule has 60 heavy (non-hydrogen) atoms. The minimum absolute atomic E-state index is 0.144. The first kappa shape index (κ1) is 34.4. The average Bonchev–Trinajstić information content (AvgIpc) is 3.90. The highest BCUT2D eigenvalue weighted by molar-refractivity contribution is 6.17. The van der Waals surface area contributed by atoms with Crippen LogP contribution in [0.15, 0.2) is 212 Å². The lowest BCUT2D eigenvalue weighted by atomic mass is 9.82. The SMILES string of the molecule is CC1(C)c2ccccc2-c2ccc(N(c3ccccc3)c3cc(-c4ccc5c(c4)c4ccccc4n5-c4ccccc4)cc4c5ccccc5n(-c5ccccc5)c34)cc21. The molecule has 0 atom stereocenters. The number of hydrogen-bond donors (Lipinski definition) is 0. The van der Waals surface area contributed by atoms with Gasteiger partial charge in [0.05, 0.1) is 27.8 Å². The van der Waals surface area contributed by atoms with Crippen molar-refractivity contribution in [2.45, 2.75) is 19.3 Å². The van der Waals surface area contributed by atoms with Gasteiger partial charge in [0.2, 0.25) is 0 Å². The molecule has 0 fully saturated rings. The molecule has 9 aromatic carbocycles. The molecule has 284 valence electrons. The Hall–Kier alpha value is -7.62. The summed E-state index contributed by atoms with van der Waals surface area (Å²) in [6, 6.07) is 78.0. The van der Waals surface area contributed by atoms with Gasteiger partial charge < -0.3 is 14.0 Å². The molecule has 0 radical (unpaired) electrons. The standard InChI is InChI=1S/C57H41N3/c1-57(2)50-27-15-12-24-44(50)45-32-31-43(37-51(45)57)58(40-18-6-3-7-19-40)55-36-39(35-49-47-26-14-17-29-53(47)60(56(49)55)42-22-10-5-11-23-42)38-30-33-54-48(34-38)46-25-13-16-28-52(46)59(54)41-20-8-4-9-21-41/h3-37H,1-2H3. The molecule has 0 amide bonds. The van der Waals surface area contributed by atoms with E-state index in [1.165, 1.54) is 77.0 Å². The van der Waals surface area contributed by atoms with Crippen LogP contribution in [0.1, 0.15) is 25.0 Å². The summed E-state index contributed by atoms with van der Waals surface area (Å²) in [7, 11) is 0. The van der Waals surface area contributed by atoms with E-state index in [4.69, 9.17) is 0 Å². The van der Waals surface area contributed by atoms with Gasteiger partial charge in [0.1, 0.15) is 0 Å². The lowest BCUT2D eigenvalue weighted by Crippen LogP contribution is -2.17. The van der Waals surface area contributed by atoms with Crippen LogP contribution in [0.2, 0.25) is 0 Å². The molecule has 3 heteroatoms. The Morgan fingerprint density at radius 3 is 1.65 bits per heavy atom. The predicted molar refractivity (Wildman–Crippen MR) is 253 cm³/mol. The summed E-state index contributed by atoms with van der Waals surface area (Å²) in [6.07, 6.45) is 0. The van der Waals surface area contributed by atoms with Gasteiger partial charge in [-0.3, -0.25) is 0 Å². The van der Waals surface area contributed by atoms with Gasteiger partial charge in [-0.05, 0) is 118 Å². The Kier molecular flexibility index (Phi) is 7.58. The predicted octanol–water partition coefficient (Wildman–Crippen LogP) is 15.3. The van der Waals surface area contributed by atoms with Crippen molar-refractivity contribution < 1.29 is 0 Å². The number of anilines is 3. The summed E-state index contributed by atoms with van der Waals surface area (Å²) < 4.78 is 4.85. The molecule has 1 aliphatic carbocycles. The van der Waals surface area contributed by atoms with Gasteiger partial charge in [-0.2, -0.15) is 0 Å². The molecule has 2 aromatic heterocycles. The molecule has 3 nitrogen and oxygen atoms in total. The number of rotatable bonds is 6. The van der Waals surface area contributed by atoms with E-state index in [2.05, 4.69) is 240 Å². The first-order valence-corrected chi connectivity index (χ1v) is 20.9. The van der Waals surface area contributed by atoms with Gasteiger partial charge in [0, 0.05) is 49.7 Å². The minimum Gasteiger partial charge on any atom is -0.309 e. The minimum atomic E-state index is -0.144. The fraction of sp³-hybridized carbons (Fsp3) is 0.0526. The number of para-hydroxylation sites is 5. The van der Waals surface area contributed by atoms with Gasteiger partial charge in [0.25, 0.3) is 0 Å². The Balaban J connectivity index is 1.17. The van der Waals surface area contributed by atoms with E-state index in [0.717, 1.165) is 28.4 Å². The van der Waals surface area contributed by atoms with Crippen LogP contribution >= 0.6 is 0 Å².